The molecular weight excluding hydrogens is 368 g/mol. The van der Waals surface area contributed by atoms with Crippen molar-refractivity contribution in [3.63, 3.8) is 0 Å². The van der Waals surface area contributed by atoms with Crippen molar-refractivity contribution in [3.05, 3.63) is 59.1 Å². The second kappa shape index (κ2) is 7.38. The van der Waals surface area contributed by atoms with Gasteiger partial charge >= 0.3 is 6.01 Å². The van der Waals surface area contributed by atoms with E-state index in [2.05, 4.69) is 20.4 Å². The Morgan fingerprint density at radius 2 is 1.76 bits per heavy atom. The smallest absolute Gasteiger partial charge is 0.306 e. The van der Waals surface area contributed by atoms with Gasteiger partial charge in [0.05, 0.1) is 6.20 Å². The van der Waals surface area contributed by atoms with Crippen LogP contribution in [0.4, 0.5) is 5.82 Å². The summed E-state index contributed by atoms with van der Waals surface area (Å²) >= 11 is 0. The van der Waals surface area contributed by atoms with Crippen molar-refractivity contribution in [2.24, 2.45) is 7.05 Å². The lowest BCUT2D eigenvalue weighted by atomic mass is 10.1. The summed E-state index contributed by atoms with van der Waals surface area (Å²) in [5.41, 5.74) is 2.35. The van der Waals surface area contributed by atoms with Gasteiger partial charge < -0.3 is 10.1 Å². The molecule has 148 valence electrons. The molecule has 0 spiro atoms. The summed E-state index contributed by atoms with van der Waals surface area (Å²) in [7, 11) is 3.47. The predicted octanol–water partition coefficient (Wildman–Crippen LogP) is 3.61. The molecule has 0 fully saturated rings. The van der Waals surface area contributed by atoms with Gasteiger partial charge in [0.2, 0.25) is 0 Å². The SMILES string of the molecule is CNc1ccc(-c2ccc(Oc3nc4c(cnn4C(C)C)c(=O)n3C)cc2)cn1. The van der Waals surface area contributed by atoms with E-state index >= 15 is 0 Å². The Kier molecular flexibility index (Phi) is 4.75. The number of nitrogens with one attached hydrogen (secondary N) is 1. The minimum Gasteiger partial charge on any atom is -0.425 e. The average molecular weight is 390 g/mol. The van der Waals surface area contributed by atoms with Crippen LogP contribution in [0.15, 0.2) is 53.6 Å². The Morgan fingerprint density at radius 3 is 2.38 bits per heavy atom. The van der Waals surface area contributed by atoms with Gasteiger partial charge in [0.25, 0.3) is 5.56 Å². The molecule has 1 aromatic carbocycles. The summed E-state index contributed by atoms with van der Waals surface area (Å²) in [4.78, 5) is 21.5. The summed E-state index contributed by atoms with van der Waals surface area (Å²) in [6, 6.07) is 11.8. The predicted molar refractivity (Wildman–Crippen MR) is 112 cm³/mol. The molecule has 0 aliphatic carbocycles. The molecule has 0 amide bonds. The standard InChI is InChI=1S/C21H22N6O2/c1-13(2)27-19-17(12-24-27)20(28)26(4)21(25-19)29-16-8-5-14(6-9-16)15-7-10-18(22-3)23-11-15/h5-13H,1-4H3,(H,22,23). The first-order chi connectivity index (χ1) is 14.0. The fraction of sp³-hybridized carbons (Fsp3) is 0.238. The number of hydrogen-bond donors (Lipinski definition) is 1. The van der Waals surface area contributed by atoms with Gasteiger partial charge in [-0.05, 0) is 43.7 Å². The largest absolute Gasteiger partial charge is 0.425 e. The van der Waals surface area contributed by atoms with Gasteiger partial charge in [0.15, 0.2) is 5.65 Å². The molecule has 1 N–H and O–H groups in total. The number of fused-ring (bicyclic) bond motifs is 1. The topological polar surface area (TPSA) is 86.9 Å². The monoisotopic (exact) mass is 390 g/mol. The number of benzene rings is 1. The van der Waals surface area contributed by atoms with Crippen LogP contribution < -0.4 is 15.6 Å². The van der Waals surface area contributed by atoms with Crippen molar-refractivity contribution in [2.45, 2.75) is 19.9 Å². The highest BCUT2D eigenvalue weighted by Crippen LogP contribution is 2.25. The molecule has 0 saturated heterocycles. The van der Waals surface area contributed by atoms with Crippen LogP contribution >= 0.6 is 0 Å². The van der Waals surface area contributed by atoms with Crippen LogP contribution in [0, 0.1) is 0 Å². The summed E-state index contributed by atoms with van der Waals surface area (Å²) in [6.07, 6.45) is 3.37. The summed E-state index contributed by atoms with van der Waals surface area (Å²) in [5, 5.41) is 7.75. The molecule has 0 radical (unpaired) electrons. The van der Waals surface area contributed by atoms with Crippen molar-refractivity contribution in [2.75, 3.05) is 12.4 Å². The van der Waals surface area contributed by atoms with E-state index in [1.165, 1.54) is 4.57 Å². The lowest BCUT2D eigenvalue weighted by Gasteiger charge is -2.11. The zero-order valence-electron chi connectivity index (χ0n) is 16.7. The van der Waals surface area contributed by atoms with E-state index < -0.39 is 0 Å². The maximum atomic E-state index is 12.6. The van der Waals surface area contributed by atoms with E-state index in [9.17, 15) is 4.79 Å². The molecule has 8 heteroatoms. The van der Waals surface area contributed by atoms with Crippen LogP contribution in [0.1, 0.15) is 19.9 Å². The second-order valence-electron chi connectivity index (χ2n) is 6.99. The number of rotatable bonds is 5. The van der Waals surface area contributed by atoms with Crippen molar-refractivity contribution >= 4 is 16.9 Å². The van der Waals surface area contributed by atoms with Gasteiger partial charge in [-0.15, -0.1) is 0 Å². The Balaban J connectivity index is 1.65. The number of anilines is 1. The summed E-state index contributed by atoms with van der Waals surface area (Å²) in [5.74, 6) is 1.41. The van der Waals surface area contributed by atoms with Crippen molar-refractivity contribution in [3.8, 4) is 22.9 Å². The first-order valence-electron chi connectivity index (χ1n) is 9.34. The minimum absolute atomic E-state index is 0.0853. The molecule has 0 unspecified atom stereocenters. The molecule has 0 bridgehead atoms. The van der Waals surface area contributed by atoms with Crippen molar-refractivity contribution in [1.29, 1.82) is 0 Å². The van der Waals surface area contributed by atoms with E-state index in [0.29, 0.717) is 16.8 Å². The van der Waals surface area contributed by atoms with E-state index in [-0.39, 0.29) is 17.6 Å². The number of ether oxygens (including phenoxy) is 1. The molecule has 0 atom stereocenters. The Hall–Kier alpha value is -3.68. The maximum absolute atomic E-state index is 12.6. The molecule has 0 aliphatic rings. The number of hydrogen-bond acceptors (Lipinski definition) is 6. The Labute approximate surface area is 167 Å². The minimum atomic E-state index is -0.191. The van der Waals surface area contributed by atoms with Crippen LogP contribution in [0.25, 0.3) is 22.2 Å². The number of pyridine rings is 1. The van der Waals surface area contributed by atoms with Gasteiger partial charge in [-0.1, -0.05) is 12.1 Å². The molecule has 3 heterocycles. The number of aromatic nitrogens is 5. The average Bonchev–Trinajstić information content (AvgIpc) is 3.17. The van der Waals surface area contributed by atoms with E-state index in [1.807, 2.05) is 63.5 Å². The van der Waals surface area contributed by atoms with Crippen molar-refractivity contribution in [1.82, 2.24) is 24.3 Å². The van der Waals surface area contributed by atoms with Gasteiger partial charge in [-0.2, -0.15) is 10.1 Å². The molecule has 8 nitrogen and oxygen atoms in total. The van der Waals surface area contributed by atoms with Gasteiger partial charge in [-0.3, -0.25) is 9.36 Å². The number of nitrogens with zero attached hydrogens (tertiary/aromatic N) is 5. The molecular formula is C21H22N6O2. The van der Waals surface area contributed by atoms with Crippen molar-refractivity contribution < 1.29 is 4.74 Å². The fourth-order valence-electron chi connectivity index (χ4n) is 3.05. The van der Waals surface area contributed by atoms with E-state index in [1.54, 1.807) is 17.9 Å². The molecule has 3 aromatic heterocycles. The highest BCUT2D eigenvalue weighted by atomic mass is 16.5. The maximum Gasteiger partial charge on any atom is 0.306 e. The van der Waals surface area contributed by atoms with Crippen LogP contribution in [-0.4, -0.2) is 31.4 Å². The van der Waals surface area contributed by atoms with Crippen LogP contribution in [0.3, 0.4) is 0 Å². The first-order valence-corrected chi connectivity index (χ1v) is 9.34. The van der Waals surface area contributed by atoms with Crippen LogP contribution in [0.2, 0.25) is 0 Å². The third-order valence-electron chi connectivity index (χ3n) is 4.70. The first kappa shape index (κ1) is 18.7. The van der Waals surface area contributed by atoms with Gasteiger partial charge in [0, 0.05) is 31.9 Å². The quantitative estimate of drug-likeness (QED) is 0.560. The molecule has 0 saturated carbocycles. The second-order valence-corrected chi connectivity index (χ2v) is 6.99. The Morgan fingerprint density at radius 1 is 1.03 bits per heavy atom. The highest BCUT2D eigenvalue weighted by Gasteiger charge is 2.16. The third-order valence-corrected chi connectivity index (χ3v) is 4.70. The van der Waals surface area contributed by atoms with E-state index in [4.69, 9.17) is 4.74 Å². The molecule has 4 rings (SSSR count). The Bertz CT molecular complexity index is 1210. The zero-order valence-corrected chi connectivity index (χ0v) is 16.7. The summed E-state index contributed by atoms with van der Waals surface area (Å²) < 4.78 is 9.02. The highest BCUT2D eigenvalue weighted by molar-refractivity contribution is 5.74. The normalized spacial score (nSPS) is 11.2. The molecule has 29 heavy (non-hydrogen) atoms. The fourth-order valence-corrected chi connectivity index (χ4v) is 3.05. The van der Waals surface area contributed by atoms with Gasteiger partial charge in [0.1, 0.15) is 17.0 Å². The van der Waals surface area contributed by atoms with Crippen LogP contribution in [0.5, 0.6) is 11.8 Å². The molecule has 0 aliphatic heterocycles. The lowest BCUT2D eigenvalue weighted by Crippen LogP contribution is -2.20. The van der Waals surface area contributed by atoms with Gasteiger partial charge in [-0.25, -0.2) is 9.67 Å². The molecule has 4 aromatic rings. The van der Waals surface area contributed by atoms with E-state index in [0.717, 1.165) is 16.9 Å². The summed E-state index contributed by atoms with van der Waals surface area (Å²) in [6.45, 7) is 3.98. The zero-order chi connectivity index (χ0) is 20.5. The lowest BCUT2D eigenvalue weighted by molar-refractivity contribution is 0.413. The van der Waals surface area contributed by atoms with Crippen LogP contribution in [-0.2, 0) is 7.05 Å². The third kappa shape index (κ3) is 3.44.